The van der Waals surface area contributed by atoms with Gasteiger partial charge in [0.1, 0.15) is 11.5 Å². The summed E-state index contributed by atoms with van der Waals surface area (Å²) in [7, 11) is 1.68. The lowest BCUT2D eigenvalue weighted by Crippen LogP contribution is -2.30. The highest BCUT2D eigenvalue weighted by Crippen LogP contribution is 2.39. The maximum atomic E-state index is 5.70. The summed E-state index contributed by atoms with van der Waals surface area (Å²) in [5.41, 5.74) is 11.7. The van der Waals surface area contributed by atoms with Crippen LogP contribution < -0.4 is 27.6 Å². The minimum atomic E-state index is 0.314. The van der Waals surface area contributed by atoms with E-state index in [1.807, 2.05) is 0 Å². The van der Waals surface area contributed by atoms with Crippen LogP contribution in [0.4, 0.5) is 17.3 Å². The fraction of sp³-hybridized carbons (Fsp3) is 0.667. The molecule has 0 amide bonds. The Morgan fingerprint density at radius 3 is 2.25 bits per heavy atom. The number of anilines is 3. The molecule has 0 aromatic carbocycles. The number of aromatic nitrogens is 2. The summed E-state index contributed by atoms with van der Waals surface area (Å²) in [6, 6.07) is 0. The van der Waals surface area contributed by atoms with E-state index in [1.165, 1.54) is 5.01 Å². The third-order valence-electron chi connectivity index (χ3n) is 3.10. The summed E-state index contributed by atoms with van der Waals surface area (Å²) < 4.78 is 5.01. The SMILES string of the molecule is C1COCCN1.CN(N)c1nc(C2CC2)nc(N)c1N. The standard InChI is InChI=1S/C8H14N6.C4H9NO/c1-14(11)8-5(9)6(10)12-7(13-8)4-2-3-4;1-3-6-4-2-5-1/h4H,2-3,9,11H2,1H3,(H2,10,12,13);5H,1-4H2. The Morgan fingerprint density at radius 2 is 1.85 bits per heavy atom. The lowest BCUT2D eigenvalue weighted by atomic mass is 10.3. The van der Waals surface area contributed by atoms with Crippen LogP contribution in [-0.4, -0.2) is 43.3 Å². The molecular formula is C12H23N7O. The van der Waals surface area contributed by atoms with Gasteiger partial charge in [0.2, 0.25) is 0 Å². The Labute approximate surface area is 118 Å². The molecular weight excluding hydrogens is 258 g/mol. The van der Waals surface area contributed by atoms with Crippen LogP contribution >= 0.6 is 0 Å². The van der Waals surface area contributed by atoms with Gasteiger partial charge in [0.15, 0.2) is 11.6 Å². The van der Waals surface area contributed by atoms with Crippen LogP contribution in [0.2, 0.25) is 0 Å². The van der Waals surface area contributed by atoms with Gasteiger partial charge in [-0.25, -0.2) is 15.8 Å². The first kappa shape index (κ1) is 14.8. The first-order valence-corrected chi connectivity index (χ1v) is 6.79. The molecule has 0 unspecified atom stereocenters. The molecule has 8 heteroatoms. The molecule has 1 aromatic heterocycles. The zero-order valence-electron chi connectivity index (χ0n) is 11.8. The van der Waals surface area contributed by atoms with E-state index in [9.17, 15) is 0 Å². The zero-order valence-corrected chi connectivity index (χ0v) is 11.8. The van der Waals surface area contributed by atoms with Crippen molar-refractivity contribution in [2.24, 2.45) is 5.84 Å². The van der Waals surface area contributed by atoms with Gasteiger partial charge in [0.05, 0.1) is 13.2 Å². The molecule has 2 fully saturated rings. The molecule has 20 heavy (non-hydrogen) atoms. The van der Waals surface area contributed by atoms with E-state index in [1.54, 1.807) is 7.05 Å². The van der Waals surface area contributed by atoms with Gasteiger partial charge in [0.25, 0.3) is 0 Å². The normalized spacial score (nSPS) is 18.1. The smallest absolute Gasteiger partial charge is 0.171 e. The molecule has 1 aliphatic carbocycles. The summed E-state index contributed by atoms with van der Waals surface area (Å²) in [6.45, 7) is 3.83. The van der Waals surface area contributed by atoms with Gasteiger partial charge in [-0.15, -0.1) is 0 Å². The van der Waals surface area contributed by atoms with Crippen LogP contribution in [0.5, 0.6) is 0 Å². The molecule has 112 valence electrons. The van der Waals surface area contributed by atoms with E-state index in [0.717, 1.165) is 45.0 Å². The summed E-state index contributed by atoms with van der Waals surface area (Å²) in [5.74, 6) is 7.59. The predicted molar refractivity (Wildman–Crippen MR) is 79.1 cm³/mol. The second kappa shape index (κ2) is 6.69. The summed E-state index contributed by atoms with van der Waals surface area (Å²) >= 11 is 0. The van der Waals surface area contributed by atoms with Crippen LogP contribution in [-0.2, 0) is 4.74 Å². The minimum absolute atomic E-state index is 0.314. The fourth-order valence-corrected chi connectivity index (χ4v) is 1.80. The molecule has 0 atom stereocenters. The van der Waals surface area contributed by atoms with Crippen molar-refractivity contribution in [3.05, 3.63) is 5.82 Å². The third-order valence-corrected chi connectivity index (χ3v) is 3.10. The summed E-state index contributed by atoms with van der Waals surface area (Å²) in [4.78, 5) is 8.42. The lowest BCUT2D eigenvalue weighted by molar-refractivity contribution is 0.109. The number of nitrogens with two attached hydrogens (primary N) is 3. The van der Waals surface area contributed by atoms with Gasteiger partial charge in [-0.3, -0.25) is 5.01 Å². The number of nitrogens with zero attached hydrogens (tertiary/aromatic N) is 3. The van der Waals surface area contributed by atoms with Gasteiger partial charge in [-0.05, 0) is 12.8 Å². The molecule has 8 nitrogen and oxygen atoms in total. The highest BCUT2D eigenvalue weighted by Gasteiger charge is 2.28. The second-order valence-corrected chi connectivity index (χ2v) is 4.95. The van der Waals surface area contributed by atoms with Crippen molar-refractivity contribution in [1.82, 2.24) is 15.3 Å². The second-order valence-electron chi connectivity index (χ2n) is 4.95. The average molecular weight is 281 g/mol. The van der Waals surface area contributed by atoms with Gasteiger partial charge in [0, 0.05) is 26.1 Å². The Balaban J connectivity index is 0.000000205. The molecule has 2 heterocycles. The van der Waals surface area contributed by atoms with Crippen molar-refractivity contribution in [3.63, 3.8) is 0 Å². The van der Waals surface area contributed by atoms with Crippen molar-refractivity contribution in [2.45, 2.75) is 18.8 Å². The first-order valence-electron chi connectivity index (χ1n) is 6.79. The topological polar surface area (TPSA) is 128 Å². The van der Waals surface area contributed by atoms with Crippen molar-refractivity contribution in [1.29, 1.82) is 0 Å². The molecule has 0 radical (unpaired) electrons. The van der Waals surface area contributed by atoms with Crippen molar-refractivity contribution in [2.75, 3.05) is 49.8 Å². The number of hydrogen-bond acceptors (Lipinski definition) is 8. The van der Waals surface area contributed by atoms with E-state index < -0.39 is 0 Å². The Morgan fingerprint density at radius 1 is 1.20 bits per heavy atom. The monoisotopic (exact) mass is 281 g/mol. The van der Waals surface area contributed by atoms with Crippen LogP contribution in [0.15, 0.2) is 0 Å². The van der Waals surface area contributed by atoms with E-state index in [-0.39, 0.29) is 0 Å². The number of rotatable bonds is 2. The first-order chi connectivity index (χ1) is 9.59. The number of hydrazine groups is 1. The minimum Gasteiger partial charge on any atom is -0.393 e. The molecule has 0 bridgehead atoms. The van der Waals surface area contributed by atoms with Gasteiger partial charge >= 0.3 is 0 Å². The maximum absolute atomic E-state index is 5.70. The fourth-order valence-electron chi connectivity index (χ4n) is 1.80. The number of morpholine rings is 1. The number of hydrogen-bond donors (Lipinski definition) is 4. The van der Waals surface area contributed by atoms with Crippen molar-refractivity contribution in [3.8, 4) is 0 Å². The molecule has 0 spiro atoms. The molecule has 1 aliphatic heterocycles. The van der Waals surface area contributed by atoms with E-state index in [0.29, 0.717) is 23.2 Å². The third kappa shape index (κ3) is 3.92. The van der Waals surface area contributed by atoms with Crippen LogP contribution in [0, 0.1) is 0 Å². The average Bonchev–Trinajstić information content (AvgIpc) is 3.28. The Kier molecular flexibility index (Phi) is 4.94. The van der Waals surface area contributed by atoms with Crippen LogP contribution in [0.3, 0.4) is 0 Å². The van der Waals surface area contributed by atoms with E-state index in [4.69, 9.17) is 22.0 Å². The Hall–Kier alpha value is -1.64. The van der Waals surface area contributed by atoms with Gasteiger partial charge in [-0.1, -0.05) is 0 Å². The van der Waals surface area contributed by atoms with Gasteiger partial charge < -0.3 is 21.5 Å². The Bertz CT molecular complexity index is 432. The predicted octanol–water partition coefficient (Wildman–Crippen LogP) is -0.565. The summed E-state index contributed by atoms with van der Waals surface area (Å²) in [5, 5.41) is 4.52. The molecule has 3 rings (SSSR count). The highest BCUT2D eigenvalue weighted by molar-refractivity contribution is 5.73. The zero-order chi connectivity index (χ0) is 14.5. The van der Waals surface area contributed by atoms with E-state index >= 15 is 0 Å². The van der Waals surface area contributed by atoms with Gasteiger partial charge in [-0.2, -0.15) is 0 Å². The lowest BCUT2D eigenvalue weighted by Gasteiger charge is -2.15. The number of nitrogen functional groups attached to an aromatic ring is 2. The molecule has 1 saturated heterocycles. The van der Waals surface area contributed by atoms with E-state index in [2.05, 4.69) is 15.3 Å². The molecule has 1 aromatic rings. The van der Waals surface area contributed by atoms with Crippen LogP contribution in [0.25, 0.3) is 0 Å². The molecule has 1 saturated carbocycles. The maximum Gasteiger partial charge on any atom is 0.171 e. The number of ether oxygens (including phenoxy) is 1. The molecule has 7 N–H and O–H groups in total. The molecule has 2 aliphatic rings. The van der Waals surface area contributed by atoms with Crippen LogP contribution in [0.1, 0.15) is 24.6 Å². The summed E-state index contributed by atoms with van der Waals surface area (Å²) in [6.07, 6.45) is 2.24. The largest absolute Gasteiger partial charge is 0.393 e. The quantitative estimate of drug-likeness (QED) is 0.419. The highest BCUT2D eigenvalue weighted by atomic mass is 16.5. The van der Waals surface area contributed by atoms with Crippen molar-refractivity contribution < 1.29 is 4.74 Å². The van der Waals surface area contributed by atoms with Crippen molar-refractivity contribution >= 4 is 17.3 Å². The number of nitrogens with one attached hydrogen (secondary N) is 1.